The zero-order valence-corrected chi connectivity index (χ0v) is 36.0. The van der Waals surface area contributed by atoms with Crippen LogP contribution in [0.25, 0.3) is 27.4 Å². The van der Waals surface area contributed by atoms with E-state index in [0.29, 0.717) is 30.4 Å². The van der Waals surface area contributed by atoms with Crippen LogP contribution in [0.5, 0.6) is 0 Å². The molecule has 2 aliphatic carbocycles. The molecule has 2 aliphatic heterocycles. The number of fused-ring (bicyclic) bond motifs is 4. The molecule has 370 valence electrons. The van der Waals surface area contributed by atoms with Crippen LogP contribution in [-0.4, -0.2) is 106 Å². The van der Waals surface area contributed by atoms with Gasteiger partial charge in [0.05, 0.1) is 48.2 Å². The highest BCUT2D eigenvalue weighted by atomic mass is 19.4. The van der Waals surface area contributed by atoms with Crippen LogP contribution in [0.3, 0.4) is 0 Å². The van der Waals surface area contributed by atoms with Crippen molar-refractivity contribution in [1.82, 2.24) is 29.6 Å². The van der Waals surface area contributed by atoms with E-state index < -0.39 is 98.4 Å². The number of carbonyl (C=O) groups is 2. The molecule has 1 unspecified atom stereocenters. The van der Waals surface area contributed by atoms with Crippen LogP contribution in [0, 0.1) is 11.8 Å². The predicted octanol–water partition coefficient (Wildman–Crippen LogP) is 8.51. The molecule has 4 aliphatic rings. The maximum atomic E-state index is 13.9. The third kappa shape index (κ3) is 9.38. The van der Waals surface area contributed by atoms with Crippen LogP contribution in [-0.2, 0) is 47.4 Å². The van der Waals surface area contributed by atoms with E-state index in [2.05, 4.69) is 10.6 Å². The molecule has 0 bridgehead atoms. The van der Waals surface area contributed by atoms with Gasteiger partial charge in [0.15, 0.2) is 0 Å². The van der Waals surface area contributed by atoms with E-state index in [-0.39, 0.29) is 85.8 Å². The van der Waals surface area contributed by atoms with Crippen molar-refractivity contribution in [3.8, 4) is 0 Å². The van der Waals surface area contributed by atoms with Gasteiger partial charge in [-0.25, -0.2) is 9.13 Å². The molecule has 4 heterocycles. The average Bonchev–Trinajstić information content (AvgIpc) is 3.78. The minimum atomic E-state index is -5.25. The summed E-state index contributed by atoms with van der Waals surface area (Å²) in [6, 6.07) is 5.92. The number of nitrogens with one attached hydrogen (secondary N) is 2. The summed E-state index contributed by atoms with van der Waals surface area (Å²) >= 11 is 0. The number of alkyl halides is 12. The Labute approximate surface area is 377 Å². The largest absolute Gasteiger partial charge is 0.489 e. The fourth-order valence-electron chi connectivity index (χ4n) is 10.4. The topological polar surface area (TPSA) is 115 Å². The smallest absolute Gasteiger partial charge is 0.394 e. The summed E-state index contributed by atoms with van der Waals surface area (Å²) in [7, 11) is 3.32. The Hall–Kier alpha value is -4.80. The number of aromatic nitrogens is 2. The molecule has 4 aromatic rings. The molecule has 0 spiro atoms. The van der Waals surface area contributed by atoms with Gasteiger partial charge in [0, 0.05) is 41.9 Å². The van der Waals surface area contributed by atoms with Crippen LogP contribution in [0.2, 0.25) is 0 Å². The molecule has 4 N–H and O–H groups in total. The van der Waals surface area contributed by atoms with Crippen molar-refractivity contribution < 1.29 is 72.5 Å². The van der Waals surface area contributed by atoms with E-state index in [1.54, 1.807) is 43.0 Å². The first-order chi connectivity index (χ1) is 30.8. The number of aliphatic hydroxyl groups is 2. The van der Waals surface area contributed by atoms with Gasteiger partial charge < -0.3 is 25.7 Å². The maximum absolute atomic E-state index is 13.9. The van der Waals surface area contributed by atoms with Crippen LogP contribution in [0.4, 0.5) is 52.7 Å². The Balaban J connectivity index is 0.000000218. The van der Waals surface area contributed by atoms with Gasteiger partial charge in [-0.1, -0.05) is 51.6 Å². The molecule has 2 aromatic carbocycles. The van der Waals surface area contributed by atoms with Gasteiger partial charge in [0.2, 0.25) is 11.8 Å². The first-order valence-electron chi connectivity index (χ1n) is 21.3. The van der Waals surface area contributed by atoms with Crippen molar-refractivity contribution in [1.29, 1.82) is 0 Å². The lowest BCUT2D eigenvalue weighted by molar-refractivity contribution is -0.219. The number of rotatable bonds is 8. The van der Waals surface area contributed by atoms with Gasteiger partial charge in [-0.05, 0) is 86.2 Å². The standard InChI is InChI=1S/C22H25F6N3O2.C22H23F6N3O2.CH4/c2*1-3-12(10-32)29-20(33)11-7-14-13-5-4-6-16-18(13)15(8-17(14)30(2)9-11)19(21(23,24)25)31(16)22(26,27)28;/h4-6,11-12,14,17,32H,3,7-10H2,1-2H3,(H,29,33);4-7,11-12,17,32H,3,8-10H2,1-2H3,(H,29,33);1H4/t11-,12+,14?,17-;11-,12+,17-;/m11./s1. The molecular weight excluding hydrogens is 917 g/mol. The quantitative estimate of drug-likeness (QED) is 0.132. The zero-order chi connectivity index (χ0) is 48.6. The fraction of sp³-hybridized carbons (Fsp3) is 0.556. The molecule has 7 atom stereocenters. The number of nitrogens with zero attached hydrogens (tertiary/aromatic N) is 4. The third-order valence-electron chi connectivity index (χ3n) is 13.4. The number of benzene rings is 2. The predicted molar refractivity (Wildman–Crippen MR) is 224 cm³/mol. The van der Waals surface area contributed by atoms with Crippen molar-refractivity contribution in [2.75, 3.05) is 40.4 Å². The summed E-state index contributed by atoms with van der Waals surface area (Å²) in [5.74, 6) is -2.18. The number of piperidine rings is 1. The summed E-state index contributed by atoms with van der Waals surface area (Å²) < 4.78 is 165. The summed E-state index contributed by atoms with van der Waals surface area (Å²) in [6.45, 7) is 3.62. The van der Waals surface area contributed by atoms with Crippen molar-refractivity contribution in [2.45, 2.75) is 108 Å². The Bertz CT molecular complexity index is 2520. The van der Waals surface area contributed by atoms with Crippen LogP contribution in [0.15, 0.2) is 42.5 Å². The summed E-state index contributed by atoms with van der Waals surface area (Å²) in [5.41, 5.74) is -3.94. The second-order valence-electron chi connectivity index (χ2n) is 17.4. The Morgan fingerprint density at radius 2 is 1.21 bits per heavy atom. The number of aliphatic hydroxyl groups excluding tert-OH is 2. The number of halogens is 12. The monoisotopic (exact) mass is 968 g/mol. The first-order valence-corrected chi connectivity index (χ1v) is 21.3. The zero-order valence-electron chi connectivity index (χ0n) is 36.0. The van der Waals surface area contributed by atoms with E-state index in [0.717, 1.165) is 12.1 Å². The van der Waals surface area contributed by atoms with E-state index in [9.17, 15) is 72.5 Å². The molecule has 22 heteroatoms. The van der Waals surface area contributed by atoms with E-state index in [4.69, 9.17) is 0 Å². The van der Waals surface area contributed by atoms with Gasteiger partial charge in [0.1, 0.15) is 11.4 Å². The number of likely N-dealkylation sites (N-methyl/N-ethyl adjacent to an activating group) is 2. The van der Waals surface area contributed by atoms with Crippen molar-refractivity contribution in [2.24, 2.45) is 11.8 Å². The number of amides is 2. The van der Waals surface area contributed by atoms with Gasteiger partial charge in [0.25, 0.3) is 0 Å². The van der Waals surface area contributed by atoms with Crippen molar-refractivity contribution >= 4 is 39.2 Å². The van der Waals surface area contributed by atoms with Crippen molar-refractivity contribution in [3.05, 3.63) is 76.1 Å². The lowest BCUT2D eigenvalue weighted by Crippen LogP contribution is -2.52. The number of hydrogen-bond donors (Lipinski definition) is 4. The number of likely N-dealkylation sites (tertiary alicyclic amines) is 1. The lowest BCUT2D eigenvalue weighted by atomic mass is 9.72. The van der Waals surface area contributed by atoms with Gasteiger partial charge in [-0.3, -0.25) is 14.5 Å². The van der Waals surface area contributed by atoms with Crippen LogP contribution >= 0.6 is 0 Å². The van der Waals surface area contributed by atoms with E-state index in [1.807, 2.05) is 6.92 Å². The fourth-order valence-corrected chi connectivity index (χ4v) is 10.4. The van der Waals surface area contributed by atoms with E-state index in [1.165, 1.54) is 18.2 Å². The second-order valence-corrected chi connectivity index (χ2v) is 17.4. The molecule has 8 rings (SSSR count). The summed E-state index contributed by atoms with van der Waals surface area (Å²) in [5, 5.41) is 24.2. The SMILES string of the molecule is C.CC[C@@H](CO)NC(=O)[C@@H]1C=C2c3cccc4c3c(c(C(F)(F)F)n4C(F)(F)F)C[C@H]2N(C)C1.CC[C@@H](CO)NC(=O)[C@@H]1CC2c3cccc4c3c(c(C(F)(F)F)n4C(F)(F)F)C[C@H]2N(C)C1. The lowest BCUT2D eigenvalue weighted by Gasteiger charge is -2.45. The van der Waals surface area contributed by atoms with E-state index >= 15 is 0 Å². The maximum Gasteiger partial charge on any atom is 0.489 e. The highest BCUT2D eigenvalue weighted by molar-refractivity contribution is 6.01. The molecular formula is C45H52F12N6O4. The number of hydrogen-bond acceptors (Lipinski definition) is 6. The number of carbonyl (C=O) groups excluding carboxylic acids is 2. The molecule has 0 saturated carbocycles. The molecule has 2 aromatic heterocycles. The van der Waals surface area contributed by atoms with Crippen LogP contribution in [0.1, 0.15) is 80.1 Å². The molecule has 1 saturated heterocycles. The highest BCUT2D eigenvalue weighted by Crippen LogP contribution is 2.52. The van der Waals surface area contributed by atoms with Crippen molar-refractivity contribution in [3.63, 3.8) is 0 Å². The third-order valence-corrected chi connectivity index (χ3v) is 13.4. The minimum absolute atomic E-state index is 0. The normalized spacial score (nSPS) is 23.0. The Morgan fingerprint density at radius 1 is 0.701 bits per heavy atom. The molecule has 2 amide bonds. The molecule has 0 radical (unpaired) electrons. The summed E-state index contributed by atoms with van der Waals surface area (Å²) in [4.78, 5) is 29.0. The first kappa shape index (κ1) is 51.6. The van der Waals surface area contributed by atoms with Gasteiger partial charge in [-0.15, -0.1) is 26.3 Å². The highest BCUT2D eigenvalue weighted by Gasteiger charge is 2.52. The van der Waals surface area contributed by atoms with Gasteiger partial charge in [-0.2, -0.15) is 26.3 Å². The minimum Gasteiger partial charge on any atom is -0.394 e. The molecule has 10 nitrogen and oxygen atoms in total. The van der Waals surface area contributed by atoms with Gasteiger partial charge >= 0.3 is 25.0 Å². The molecule has 67 heavy (non-hydrogen) atoms. The molecule has 1 fully saturated rings. The average molecular weight is 969 g/mol. The second kappa shape index (κ2) is 18.6. The summed E-state index contributed by atoms with van der Waals surface area (Å²) in [6.07, 6.45) is -18.3. The van der Waals surface area contributed by atoms with Crippen LogP contribution < -0.4 is 10.6 Å². The Morgan fingerprint density at radius 3 is 1.72 bits per heavy atom. The Kier molecular flexibility index (Phi) is 14.3.